The quantitative estimate of drug-likeness (QED) is 0.107. The minimum absolute atomic E-state index is 0.665. The van der Waals surface area contributed by atoms with Crippen LogP contribution >= 0.6 is 22.7 Å². The van der Waals surface area contributed by atoms with Crippen molar-refractivity contribution < 1.29 is 0 Å². The highest BCUT2D eigenvalue weighted by molar-refractivity contribution is 7.24. The minimum atomic E-state index is 0.665. The molecule has 0 bridgehead atoms. The molecule has 0 aliphatic carbocycles. The Kier molecular flexibility index (Phi) is 17.8. The van der Waals surface area contributed by atoms with Gasteiger partial charge in [0.25, 0.3) is 0 Å². The lowest BCUT2D eigenvalue weighted by Gasteiger charge is -2.12. The van der Waals surface area contributed by atoms with Crippen molar-refractivity contribution in [3.8, 4) is 144 Å². The van der Waals surface area contributed by atoms with E-state index in [1.165, 1.54) is 107 Å². The maximum absolute atomic E-state index is 5.21. The van der Waals surface area contributed by atoms with E-state index in [1.54, 1.807) is 12.4 Å². The van der Waals surface area contributed by atoms with Gasteiger partial charge in [-0.2, -0.15) is 0 Å². The number of fused-ring (bicyclic) bond motifs is 10. The first-order chi connectivity index (χ1) is 57.5. The number of para-hydroxylation sites is 2. The molecule has 0 atom stereocenters. The molecule has 544 valence electrons. The second kappa shape index (κ2) is 29.9. The van der Waals surface area contributed by atoms with E-state index in [0.717, 1.165) is 95.3 Å². The van der Waals surface area contributed by atoms with E-state index < -0.39 is 0 Å². The van der Waals surface area contributed by atoms with Crippen LogP contribution in [0.2, 0.25) is 0 Å². The summed E-state index contributed by atoms with van der Waals surface area (Å²) in [5, 5.41) is 7.60. The zero-order chi connectivity index (χ0) is 76.8. The molecule has 0 unspecified atom stereocenters. The van der Waals surface area contributed by atoms with Crippen molar-refractivity contribution >= 4 is 86.5 Å². The Morgan fingerprint density at radius 2 is 0.500 bits per heavy atom. The monoisotopic (exact) mass is 1520 g/mol. The molecular formula is C105H67N9S2. The Bertz CT molecular complexity index is 6900. The number of nitrogens with zero attached hydrogens (tertiary/aromatic N) is 9. The van der Waals surface area contributed by atoms with Crippen LogP contribution in [0, 0.1) is 0 Å². The van der Waals surface area contributed by atoms with Crippen molar-refractivity contribution in [1.29, 1.82) is 0 Å². The van der Waals surface area contributed by atoms with Gasteiger partial charge in [-0.1, -0.05) is 231 Å². The highest BCUT2D eigenvalue weighted by atomic mass is 32.1. The van der Waals surface area contributed by atoms with Gasteiger partial charge in [-0.15, -0.1) is 22.7 Å². The number of aromatic nitrogens is 9. The third kappa shape index (κ3) is 12.8. The van der Waals surface area contributed by atoms with Gasteiger partial charge < -0.3 is 9.13 Å². The SMILES string of the molecule is c1ccc(-c2sc3c(ccc4c3c3ccccc3n4-c3ccc(-c4cc(-c5ccc(-c6ccncc6)cc5)cc(-c5ccncc5)n4)cc3)c2-c2ccccc2)cc1.c1ccc(-c2sc3c(ccc4c3c3ccccc3n4-c3ccc(-c4nc(-c5ccncc5)cc(-c5ccc(-c6ccncc6)cc5)n4)cc3)c2-c2ccccc2)cc1. The first-order valence-corrected chi connectivity index (χ1v) is 40.3. The molecule has 0 amide bonds. The molecule has 22 rings (SSSR count). The van der Waals surface area contributed by atoms with Crippen molar-refractivity contribution in [2.75, 3.05) is 0 Å². The van der Waals surface area contributed by atoms with Gasteiger partial charge in [-0.25, -0.2) is 15.0 Å². The maximum atomic E-state index is 5.21. The second-order valence-electron chi connectivity index (χ2n) is 28.7. The smallest absolute Gasteiger partial charge is 0.160 e. The van der Waals surface area contributed by atoms with Gasteiger partial charge in [0.15, 0.2) is 5.82 Å². The van der Waals surface area contributed by atoms with Gasteiger partial charge in [0, 0.05) is 151 Å². The fraction of sp³-hybridized carbons (Fsp3) is 0. The van der Waals surface area contributed by atoms with Crippen LogP contribution in [0.4, 0.5) is 0 Å². The zero-order valence-electron chi connectivity index (χ0n) is 62.5. The van der Waals surface area contributed by atoms with Gasteiger partial charge in [0.1, 0.15) is 0 Å². The largest absolute Gasteiger partial charge is 0.309 e. The lowest BCUT2D eigenvalue weighted by molar-refractivity contribution is 1.16. The van der Waals surface area contributed by atoms with Crippen LogP contribution in [-0.2, 0) is 0 Å². The summed E-state index contributed by atoms with van der Waals surface area (Å²) in [6.45, 7) is 0. The molecule has 116 heavy (non-hydrogen) atoms. The summed E-state index contributed by atoms with van der Waals surface area (Å²) in [5.41, 5.74) is 29.7. The first kappa shape index (κ1) is 69.0. The highest BCUT2D eigenvalue weighted by Gasteiger charge is 2.25. The average Bonchev–Trinajstić information content (AvgIpc) is 1.56. The second-order valence-corrected chi connectivity index (χ2v) is 30.8. The molecule has 12 aromatic carbocycles. The predicted molar refractivity (Wildman–Crippen MR) is 482 cm³/mol. The maximum Gasteiger partial charge on any atom is 0.160 e. The summed E-state index contributed by atoms with van der Waals surface area (Å²) in [6.07, 6.45) is 14.5. The van der Waals surface area contributed by atoms with E-state index in [9.17, 15) is 0 Å². The molecule has 10 aromatic heterocycles. The lowest BCUT2D eigenvalue weighted by Crippen LogP contribution is -1.97. The molecular weight excluding hydrogens is 1450 g/mol. The third-order valence-corrected chi connectivity index (χ3v) is 24.5. The van der Waals surface area contributed by atoms with E-state index >= 15 is 0 Å². The Morgan fingerprint density at radius 1 is 0.198 bits per heavy atom. The lowest BCUT2D eigenvalue weighted by atomic mass is 9.98. The molecule has 0 spiro atoms. The fourth-order valence-corrected chi connectivity index (χ4v) is 19.1. The third-order valence-electron chi connectivity index (χ3n) is 21.9. The number of thiophene rings is 2. The number of hydrogen-bond donors (Lipinski definition) is 0. The van der Waals surface area contributed by atoms with Crippen LogP contribution in [0.3, 0.4) is 0 Å². The van der Waals surface area contributed by atoms with Gasteiger partial charge in [0.05, 0.1) is 44.8 Å². The summed E-state index contributed by atoms with van der Waals surface area (Å²) in [6, 6.07) is 127. The average molecular weight is 1520 g/mol. The van der Waals surface area contributed by atoms with Crippen LogP contribution in [-0.4, -0.2) is 44.0 Å². The van der Waals surface area contributed by atoms with Crippen molar-refractivity contribution in [2.24, 2.45) is 0 Å². The topological polar surface area (TPSA) is 100 Å². The molecule has 10 heterocycles. The normalized spacial score (nSPS) is 11.4. The van der Waals surface area contributed by atoms with Gasteiger partial charge in [-0.05, 0) is 183 Å². The summed E-state index contributed by atoms with van der Waals surface area (Å²) in [7, 11) is 0. The Hall–Kier alpha value is -15.0. The van der Waals surface area contributed by atoms with Gasteiger partial charge in [0.2, 0.25) is 0 Å². The molecule has 9 nitrogen and oxygen atoms in total. The van der Waals surface area contributed by atoms with Crippen LogP contribution in [0.25, 0.3) is 208 Å². The fourth-order valence-electron chi connectivity index (χ4n) is 16.4. The number of hydrogen-bond acceptors (Lipinski definition) is 9. The Morgan fingerprint density at radius 3 is 0.897 bits per heavy atom. The van der Waals surface area contributed by atoms with E-state index in [2.05, 4.69) is 338 Å². The Balaban J connectivity index is 0.000000145. The van der Waals surface area contributed by atoms with Crippen LogP contribution in [0.1, 0.15) is 0 Å². The van der Waals surface area contributed by atoms with Crippen molar-refractivity contribution in [3.63, 3.8) is 0 Å². The van der Waals surface area contributed by atoms with E-state index in [0.29, 0.717) is 5.82 Å². The molecule has 0 saturated heterocycles. The Labute approximate surface area is 677 Å². The van der Waals surface area contributed by atoms with E-state index in [4.69, 9.17) is 15.0 Å². The summed E-state index contributed by atoms with van der Waals surface area (Å²) < 4.78 is 7.40. The van der Waals surface area contributed by atoms with Gasteiger partial charge in [-0.3, -0.25) is 19.9 Å². The number of benzene rings is 12. The van der Waals surface area contributed by atoms with Crippen molar-refractivity contribution in [3.05, 3.63) is 407 Å². The predicted octanol–water partition coefficient (Wildman–Crippen LogP) is 27.8. The molecule has 0 saturated carbocycles. The highest BCUT2D eigenvalue weighted by Crippen LogP contribution is 2.52. The van der Waals surface area contributed by atoms with E-state index in [-0.39, 0.29) is 0 Å². The summed E-state index contributed by atoms with van der Waals surface area (Å²) in [4.78, 5) is 34.9. The molecule has 11 heteroatoms. The molecule has 0 fully saturated rings. The molecule has 0 N–H and O–H groups in total. The number of pyridine rings is 5. The minimum Gasteiger partial charge on any atom is -0.309 e. The standard InChI is InChI=1S/C53H34N4S.C52H33N5S/c1-3-9-40(10-4-1)50-45-23-24-49-51(53(45)58-52(50)41-11-5-2-6-12-41)44-13-7-8-14-48(44)57(49)43-21-19-38(20-22-43)46-33-42(34-47(56-46)39-27-31-55-32-28-39)36-17-15-35(16-18-36)37-25-29-54-30-26-37;1-3-9-38(10-4-1)48-43-23-24-47-49(51(43)58-50(48)39-11-5-2-6-12-39)42-13-7-8-14-46(42)57(47)41-21-19-40(20-22-41)52-55-44(33-45(56-52)37-27-31-54-32-28-37)36-17-15-34(16-18-36)35-25-29-53-30-26-35/h1-34H;1-33H. The first-order valence-electron chi connectivity index (χ1n) is 38.7. The van der Waals surface area contributed by atoms with Crippen molar-refractivity contribution in [1.82, 2.24) is 44.0 Å². The molecule has 0 aliphatic rings. The summed E-state index contributed by atoms with van der Waals surface area (Å²) >= 11 is 3.78. The molecule has 0 aliphatic heterocycles. The van der Waals surface area contributed by atoms with Gasteiger partial charge >= 0.3 is 0 Å². The van der Waals surface area contributed by atoms with Crippen molar-refractivity contribution in [2.45, 2.75) is 0 Å². The molecule has 22 aromatic rings. The zero-order valence-corrected chi connectivity index (χ0v) is 64.2. The van der Waals surface area contributed by atoms with E-state index in [1.807, 2.05) is 108 Å². The van der Waals surface area contributed by atoms with Crippen LogP contribution in [0.15, 0.2) is 407 Å². The molecule has 0 radical (unpaired) electrons. The summed E-state index contributed by atoms with van der Waals surface area (Å²) in [5.74, 6) is 0.665. The number of rotatable bonds is 14. The van der Waals surface area contributed by atoms with Crippen LogP contribution < -0.4 is 0 Å². The van der Waals surface area contributed by atoms with Crippen LogP contribution in [0.5, 0.6) is 0 Å².